The van der Waals surface area contributed by atoms with Crippen LogP contribution in [-0.2, 0) is 23.1 Å². The minimum atomic E-state index is -3.73. The van der Waals surface area contributed by atoms with E-state index in [9.17, 15) is 8.42 Å². The highest BCUT2D eigenvalue weighted by Gasteiger charge is 2.13. The zero-order chi connectivity index (χ0) is 20.3. The predicted molar refractivity (Wildman–Crippen MR) is 114 cm³/mol. The molecule has 7 nitrogen and oxygen atoms in total. The van der Waals surface area contributed by atoms with Gasteiger partial charge in [-0.2, -0.15) is 0 Å². The quantitative estimate of drug-likeness (QED) is 0.473. The van der Waals surface area contributed by atoms with Crippen LogP contribution in [0.25, 0.3) is 11.1 Å². The maximum Gasteiger partial charge on any atom is 0.249 e. The molecule has 0 saturated carbocycles. The molecular formula is C20H19N5O2S2. The summed E-state index contributed by atoms with van der Waals surface area (Å²) in [4.78, 5) is 8.15. The van der Waals surface area contributed by atoms with Gasteiger partial charge in [0.2, 0.25) is 10.0 Å². The van der Waals surface area contributed by atoms with Crippen molar-refractivity contribution in [2.24, 2.45) is 5.14 Å². The molecule has 0 radical (unpaired) electrons. The SMILES string of the molecule is NS(=O)(=O)c1cnc(NCc2ccccc2-c2ccc(Cn3ccnc3)cc2)s1. The molecule has 0 atom stereocenters. The minimum Gasteiger partial charge on any atom is -0.357 e. The lowest BCUT2D eigenvalue weighted by Gasteiger charge is -2.11. The number of sulfonamides is 1. The van der Waals surface area contributed by atoms with Crippen molar-refractivity contribution < 1.29 is 8.42 Å². The molecular weight excluding hydrogens is 406 g/mol. The number of imidazole rings is 1. The maximum atomic E-state index is 11.4. The third-order valence-corrected chi connectivity index (χ3v) is 6.76. The van der Waals surface area contributed by atoms with Gasteiger partial charge in [0.25, 0.3) is 0 Å². The first-order chi connectivity index (χ1) is 14.0. The van der Waals surface area contributed by atoms with Gasteiger partial charge >= 0.3 is 0 Å². The van der Waals surface area contributed by atoms with Gasteiger partial charge in [-0.15, -0.1) is 0 Å². The highest BCUT2D eigenvalue weighted by atomic mass is 32.2. The highest BCUT2D eigenvalue weighted by molar-refractivity contribution is 7.91. The molecule has 0 aliphatic rings. The molecule has 148 valence electrons. The highest BCUT2D eigenvalue weighted by Crippen LogP contribution is 2.27. The number of thiazole rings is 1. The molecule has 0 fully saturated rings. The Morgan fingerprint density at radius 1 is 1.10 bits per heavy atom. The Bertz CT molecular complexity index is 1200. The normalized spacial score (nSPS) is 11.5. The fourth-order valence-electron chi connectivity index (χ4n) is 2.98. The van der Waals surface area contributed by atoms with Crippen LogP contribution in [0.3, 0.4) is 0 Å². The van der Waals surface area contributed by atoms with Crippen molar-refractivity contribution in [1.29, 1.82) is 0 Å². The number of rotatable bonds is 7. The van der Waals surface area contributed by atoms with E-state index in [4.69, 9.17) is 5.14 Å². The van der Waals surface area contributed by atoms with Crippen molar-refractivity contribution in [2.45, 2.75) is 17.3 Å². The van der Waals surface area contributed by atoms with Gasteiger partial charge in [-0.3, -0.25) is 0 Å². The molecule has 9 heteroatoms. The first-order valence-corrected chi connectivity index (χ1v) is 11.2. The lowest BCUT2D eigenvalue weighted by atomic mass is 9.98. The number of nitrogens with zero attached hydrogens (tertiary/aromatic N) is 3. The second kappa shape index (κ2) is 8.16. The summed E-state index contributed by atoms with van der Waals surface area (Å²) >= 11 is 1.02. The Morgan fingerprint density at radius 2 is 1.90 bits per heavy atom. The van der Waals surface area contributed by atoms with E-state index in [1.807, 2.05) is 29.0 Å². The van der Waals surface area contributed by atoms with Crippen LogP contribution >= 0.6 is 11.3 Å². The smallest absolute Gasteiger partial charge is 0.249 e. The van der Waals surface area contributed by atoms with E-state index in [-0.39, 0.29) is 4.21 Å². The number of hydrogen-bond donors (Lipinski definition) is 2. The van der Waals surface area contributed by atoms with Crippen LogP contribution in [0.4, 0.5) is 5.13 Å². The third-order valence-electron chi connectivity index (χ3n) is 4.40. The Labute approximate surface area is 172 Å². The van der Waals surface area contributed by atoms with Crippen LogP contribution in [0, 0.1) is 0 Å². The van der Waals surface area contributed by atoms with Crippen LogP contribution in [0.1, 0.15) is 11.1 Å². The molecule has 0 aliphatic carbocycles. The molecule has 29 heavy (non-hydrogen) atoms. The summed E-state index contributed by atoms with van der Waals surface area (Å²) in [7, 11) is -3.73. The molecule has 4 rings (SSSR count). The summed E-state index contributed by atoms with van der Waals surface area (Å²) in [6.45, 7) is 1.30. The Balaban J connectivity index is 1.50. The van der Waals surface area contributed by atoms with Crippen LogP contribution in [0.5, 0.6) is 0 Å². The molecule has 0 bridgehead atoms. The number of aromatic nitrogens is 3. The summed E-state index contributed by atoms with van der Waals surface area (Å²) in [5.74, 6) is 0. The second-order valence-electron chi connectivity index (χ2n) is 6.47. The van der Waals surface area contributed by atoms with Gasteiger partial charge in [-0.05, 0) is 22.3 Å². The first kappa shape index (κ1) is 19.3. The molecule has 0 amide bonds. The van der Waals surface area contributed by atoms with Crippen LogP contribution in [0.2, 0.25) is 0 Å². The summed E-state index contributed by atoms with van der Waals surface area (Å²) in [6, 6.07) is 16.5. The number of nitrogens with two attached hydrogens (primary N) is 1. The molecule has 2 heterocycles. The zero-order valence-electron chi connectivity index (χ0n) is 15.4. The summed E-state index contributed by atoms with van der Waals surface area (Å²) < 4.78 is 24.9. The van der Waals surface area contributed by atoms with Gasteiger partial charge in [0, 0.05) is 25.5 Å². The van der Waals surface area contributed by atoms with Crippen LogP contribution in [0.15, 0.2) is 77.7 Å². The van der Waals surface area contributed by atoms with Crippen molar-refractivity contribution in [3.8, 4) is 11.1 Å². The first-order valence-electron chi connectivity index (χ1n) is 8.84. The molecule has 2 aromatic heterocycles. The van der Waals surface area contributed by atoms with Crippen molar-refractivity contribution >= 4 is 26.5 Å². The average molecular weight is 426 g/mol. The molecule has 2 aromatic carbocycles. The summed E-state index contributed by atoms with van der Waals surface area (Å²) in [6.07, 6.45) is 6.78. The van der Waals surface area contributed by atoms with Crippen LogP contribution in [-0.4, -0.2) is 23.0 Å². The molecule has 0 aliphatic heterocycles. The van der Waals surface area contributed by atoms with E-state index >= 15 is 0 Å². The lowest BCUT2D eigenvalue weighted by molar-refractivity contribution is 0.599. The topological polar surface area (TPSA) is 103 Å². The molecule has 0 saturated heterocycles. The van der Waals surface area contributed by atoms with Gasteiger partial charge in [0.1, 0.15) is 0 Å². The molecule has 0 unspecified atom stereocenters. The predicted octanol–water partition coefficient (Wildman–Crippen LogP) is 3.31. The largest absolute Gasteiger partial charge is 0.357 e. The average Bonchev–Trinajstić information content (AvgIpc) is 3.39. The van der Waals surface area contributed by atoms with Gasteiger partial charge in [0.15, 0.2) is 9.34 Å². The molecule has 4 aromatic rings. The van der Waals surface area contributed by atoms with E-state index in [2.05, 4.69) is 45.6 Å². The minimum absolute atomic E-state index is 0.0433. The Morgan fingerprint density at radius 3 is 2.59 bits per heavy atom. The monoisotopic (exact) mass is 425 g/mol. The van der Waals surface area contributed by atoms with E-state index in [1.54, 1.807) is 12.5 Å². The number of anilines is 1. The van der Waals surface area contributed by atoms with Crippen molar-refractivity contribution in [3.63, 3.8) is 0 Å². The van der Waals surface area contributed by atoms with Gasteiger partial charge < -0.3 is 9.88 Å². The zero-order valence-corrected chi connectivity index (χ0v) is 17.0. The summed E-state index contributed by atoms with van der Waals surface area (Å²) in [5.41, 5.74) is 4.50. The van der Waals surface area contributed by atoms with Crippen molar-refractivity contribution in [2.75, 3.05) is 5.32 Å². The molecule has 0 spiro atoms. The lowest BCUT2D eigenvalue weighted by Crippen LogP contribution is -2.09. The Kier molecular flexibility index (Phi) is 5.43. The molecule has 3 N–H and O–H groups in total. The third kappa shape index (κ3) is 4.70. The van der Waals surface area contributed by atoms with Crippen molar-refractivity contribution in [3.05, 3.63) is 84.6 Å². The number of hydrogen-bond acceptors (Lipinski definition) is 6. The van der Waals surface area contributed by atoms with E-state index in [0.717, 1.165) is 34.6 Å². The maximum absolute atomic E-state index is 11.4. The van der Waals surface area contributed by atoms with E-state index in [0.29, 0.717) is 11.7 Å². The van der Waals surface area contributed by atoms with E-state index < -0.39 is 10.0 Å². The second-order valence-corrected chi connectivity index (χ2v) is 9.29. The fourth-order valence-corrected chi connectivity index (χ4v) is 4.43. The number of nitrogens with one attached hydrogen (secondary N) is 1. The fraction of sp³-hybridized carbons (Fsp3) is 0.100. The summed E-state index contributed by atoms with van der Waals surface area (Å²) in [5, 5.41) is 8.84. The van der Waals surface area contributed by atoms with Gasteiger partial charge in [0.05, 0.1) is 12.5 Å². The Hall–Kier alpha value is -3.01. The number of benzene rings is 2. The standard InChI is InChI=1S/C20H19N5O2S2/c21-29(26,27)19-12-24-20(28-19)23-11-17-3-1-2-4-18(17)16-7-5-15(6-8-16)13-25-10-9-22-14-25/h1-10,12,14H,11,13H2,(H,23,24)(H2,21,26,27). The number of primary sulfonamides is 1. The van der Waals surface area contributed by atoms with Crippen LogP contribution < -0.4 is 10.5 Å². The van der Waals surface area contributed by atoms with E-state index in [1.165, 1.54) is 11.8 Å². The van der Waals surface area contributed by atoms with Gasteiger partial charge in [-0.1, -0.05) is 59.9 Å². The van der Waals surface area contributed by atoms with Gasteiger partial charge in [-0.25, -0.2) is 23.5 Å². The van der Waals surface area contributed by atoms with Crippen molar-refractivity contribution in [1.82, 2.24) is 14.5 Å².